The van der Waals surface area contributed by atoms with Gasteiger partial charge in [0.25, 0.3) is 5.91 Å². The fraction of sp³-hybridized carbons (Fsp3) is 0.357. The van der Waals surface area contributed by atoms with E-state index in [0.717, 1.165) is 24.1 Å². The van der Waals surface area contributed by atoms with E-state index < -0.39 is 0 Å². The quantitative estimate of drug-likeness (QED) is 0.519. The first kappa shape index (κ1) is 24.5. The third-order valence-corrected chi connectivity index (χ3v) is 8.12. The lowest BCUT2D eigenvalue weighted by Gasteiger charge is -2.42. The SMILES string of the molecule is COc1cccc(C(=O)N2CCN(C(=O)CN3CCc4sccc4C3c3cccc(F)c3)CC2C)c1. The molecule has 6 nitrogen and oxygen atoms in total. The van der Waals surface area contributed by atoms with Crippen molar-refractivity contribution < 1.29 is 18.7 Å². The predicted molar refractivity (Wildman–Crippen MR) is 138 cm³/mol. The number of fused-ring (bicyclic) bond motifs is 1. The summed E-state index contributed by atoms with van der Waals surface area (Å²) >= 11 is 1.72. The van der Waals surface area contributed by atoms with Gasteiger partial charge in [0.2, 0.25) is 5.91 Å². The summed E-state index contributed by atoms with van der Waals surface area (Å²) in [6.45, 7) is 4.42. The van der Waals surface area contributed by atoms with Gasteiger partial charge in [0.15, 0.2) is 0 Å². The molecule has 1 fully saturated rings. The standard InChI is InChI=1S/C28H30FN3O3S/c1-19-17-30(12-13-32(19)28(34)21-6-4-8-23(16-21)35-2)26(33)18-31-11-9-25-24(10-14-36-25)27(31)20-5-3-7-22(29)15-20/h3-8,10,14-16,19,27H,9,11-13,17-18H2,1-2H3. The molecule has 3 aromatic rings. The van der Waals surface area contributed by atoms with Crippen LogP contribution in [0.25, 0.3) is 0 Å². The number of amides is 2. The fourth-order valence-electron chi connectivity index (χ4n) is 5.29. The van der Waals surface area contributed by atoms with Crippen LogP contribution in [0.3, 0.4) is 0 Å². The van der Waals surface area contributed by atoms with Crippen molar-refractivity contribution in [3.63, 3.8) is 0 Å². The van der Waals surface area contributed by atoms with Crippen LogP contribution in [0, 0.1) is 5.82 Å². The Bertz CT molecular complexity index is 1260. The van der Waals surface area contributed by atoms with Crippen molar-refractivity contribution in [3.8, 4) is 5.75 Å². The van der Waals surface area contributed by atoms with Crippen LogP contribution in [0.5, 0.6) is 5.75 Å². The molecular weight excluding hydrogens is 477 g/mol. The minimum Gasteiger partial charge on any atom is -0.497 e. The van der Waals surface area contributed by atoms with Gasteiger partial charge >= 0.3 is 0 Å². The van der Waals surface area contributed by atoms with E-state index in [1.165, 1.54) is 10.9 Å². The molecule has 2 aromatic carbocycles. The molecule has 0 aliphatic carbocycles. The molecule has 0 saturated carbocycles. The summed E-state index contributed by atoms with van der Waals surface area (Å²) < 4.78 is 19.3. The number of halogens is 1. The number of benzene rings is 2. The molecule has 2 unspecified atom stereocenters. The van der Waals surface area contributed by atoms with Gasteiger partial charge in [-0.2, -0.15) is 0 Å². The van der Waals surface area contributed by atoms with Gasteiger partial charge in [-0.3, -0.25) is 14.5 Å². The molecule has 36 heavy (non-hydrogen) atoms. The highest BCUT2D eigenvalue weighted by Crippen LogP contribution is 2.37. The van der Waals surface area contributed by atoms with Crippen molar-refractivity contribution in [2.45, 2.75) is 25.4 Å². The lowest BCUT2D eigenvalue weighted by molar-refractivity contribution is -0.135. The molecule has 2 aliphatic rings. The second kappa shape index (κ2) is 10.4. The third-order valence-electron chi connectivity index (χ3n) is 7.13. The Morgan fingerprint density at radius 3 is 2.69 bits per heavy atom. The predicted octanol–water partition coefficient (Wildman–Crippen LogP) is 4.22. The normalized spacial score (nSPS) is 20.2. The zero-order valence-corrected chi connectivity index (χ0v) is 21.3. The van der Waals surface area contributed by atoms with E-state index in [9.17, 15) is 14.0 Å². The Labute approximate surface area is 214 Å². The Kier molecular flexibility index (Phi) is 7.07. The number of rotatable bonds is 5. The highest BCUT2D eigenvalue weighted by atomic mass is 32.1. The molecule has 2 amide bonds. The van der Waals surface area contributed by atoms with Crippen molar-refractivity contribution in [3.05, 3.63) is 87.4 Å². The van der Waals surface area contributed by atoms with Crippen molar-refractivity contribution in [2.75, 3.05) is 39.8 Å². The number of carbonyl (C=O) groups excluding carboxylic acids is 2. The average Bonchev–Trinajstić information content (AvgIpc) is 3.37. The number of ether oxygens (including phenoxy) is 1. The van der Waals surface area contributed by atoms with Crippen LogP contribution in [-0.4, -0.2) is 72.4 Å². The molecule has 1 saturated heterocycles. The Balaban J connectivity index is 1.28. The molecule has 5 rings (SSSR count). The minimum atomic E-state index is -0.272. The first-order valence-corrected chi connectivity index (χ1v) is 13.1. The number of thiophene rings is 1. The molecule has 1 aromatic heterocycles. The summed E-state index contributed by atoms with van der Waals surface area (Å²) in [5, 5.41) is 2.07. The van der Waals surface area contributed by atoms with Crippen molar-refractivity contribution in [2.24, 2.45) is 0 Å². The van der Waals surface area contributed by atoms with Crippen LogP contribution < -0.4 is 4.74 Å². The van der Waals surface area contributed by atoms with Gasteiger partial charge in [-0.25, -0.2) is 4.39 Å². The van der Waals surface area contributed by atoms with E-state index in [1.54, 1.807) is 42.7 Å². The lowest BCUT2D eigenvalue weighted by atomic mass is 9.93. The van der Waals surface area contributed by atoms with Crippen molar-refractivity contribution in [1.29, 1.82) is 0 Å². The maximum atomic E-state index is 14.1. The van der Waals surface area contributed by atoms with Gasteiger partial charge in [0.1, 0.15) is 11.6 Å². The zero-order valence-electron chi connectivity index (χ0n) is 20.5. The number of piperazine rings is 1. The summed E-state index contributed by atoms with van der Waals surface area (Å²) in [6, 6.07) is 15.7. The van der Waals surface area contributed by atoms with Gasteiger partial charge in [0, 0.05) is 42.7 Å². The molecule has 0 N–H and O–H groups in total. The smallest absolute Gasteiger partial charge is 0.254 e. The third kappa shape index (κ3) is 4.88. The van der Waals surface area contributed by atoms with Gasteiger partial charge in [-0.05, 0) is 66.2 Å². The first-order chi connectivity index (χ1) is 17.4. The van der Waals surface area contributed by atoms with Gasteiger partial charge < -0.3 is 14.5 Å². The van der Waals surface area contributed by atoms with E-state index in [2.05, 4.69) is 16.3 Å². The van der Waals surface area contributed by atoms with Gasteiger partial charge in [0.05, 0.1) is 19.7 Å². The average molecular weight is 508 g/mol. The van der Waals surface area contributed by atoms with Crippen LogP contribution in [0.2, 0.25) is 0 Å². The van der Waals surface area contributed by atoms with Crippen LogP contribution in [0.4, 0.5) is 4.39 Å². The second-order valence-corrected chi connectivity index (χ2v) is 10.4. The first-order valence-electron chi connectivity index (χ1n) is 12.2. The van der Waals surface area contributed by atoms with Crippen molar-refractivity contribution in [1.82, 2.24) is 14.7 Å². The van der Waals surface area contributed by atoms with Crippen LogP contribution in [0.1, 0.15) is 39.3 Å². The van der Waals surface area contributed by atoms with Crippen LogP contribution in [-0.2, 0) is 11.2 Å². The van der Waals surface area contributed by atoms with Crippen LogP contribution >= 0.6 is 11.3 Å². The molecule has 3 heterocycles. The molecule has 2 atom stereocenters. The van der Waals surface area contributed by atoms with Gasteiger partial charge in [-0.1, -0.05) is 18.2 Å². The van der Waals surface area contributed by atoms with E-state index in [-0.39, 0.29) is 36.3 Å². The van der Waals surface area contributed by atoms with E-state index in [0.29, 0.717) is 30.9 Å². The maximum Gasteiger partial charge on any atom is 0.254 e. The highest BCUT2D eigenvalue weighted by molar-refractivity contribution is 7.10. The molecule has 2 aliphatic heterocycles. The largest absolute Gasteiger partial charge is 0.497 e. The summed E-state index contributed by atoms with van der Waals surface area (Å²) in [5.41, 5.74) is 2.61. The monoisotopic (exact) mass is 507 g/mol. The molecule has 188 valence electrons. The highest BCUT2D eigenvalue weighted by Gasteiger charge is 2.34. The molecule has 8 heteroatoms. The zero-order chi connectivity index (χ0) is 25.2. The number of carbonyl (C=O) groups is 2. The molecular formula is C28H30FN3O3S. The summed E-state index contributed by atoms with van der Waals surface area (Å²) in [5.74, 6) is 0.355. The number of methoxy groups -OCH3 is 1. The maximum absolute atomic E-state index is 14.1. The molecule has 0 bridgehead atoms. The molecule has 0 spiro atoms. The van der Waals surface area contributed by atoms with Crippen molar-refractivity contribution >= 4 is 23.2 Å². The Hall–Kier alpha value is -3.23. The van der Waals surface area contributed by atoms with Crippen LogP contribution in [0.15, 0.2) is 60.0 Å². The topological polar surface area (TPSA) is 53.1 Å². The Morgan fingerprint density at radius 1 is 1.08 bits per heavy atom. The summed E-state index contributed by atoms with van der Waals surface area (Å²) in [7, 11) is 1.58. The Morgan fingerprint density at radius 2 is 1.92 bits per heavy atom. The number of nitrogens with zero attached hydrogens (tertiary/aromatic N) is 3. The number of hydrogen-bond donors (Lipinski definition) is 0. The minimum absolute atomic E-state index is 0.0374. The fourth-order valence-corrected chi connectivity index (χ4v) is 6.19. The van der Waals surface area contributed by atoms with Gasteiger partial charge in [-0.15, -0.1) is 11.3 Å². The van der Waals surface area contributed by atoms with E-state index >= 15 is 0 Å². The summed E-state index contributed by atoms with van der Waals surface area (Å²) in [4.78, 5) is 33.7. The van der Waals surface area contributed by atoms with E-state index in [4.69, 9.17) is 4.74 Å². The van der Waals surface area contributed by atoms with E-state index in [1.807, 2.05) is 34.9 Å². The second-order valence-electron chi connectivity index (χ2n) is 9.40. The lowest BCUT2D eigenvalue weighted by Crippen LogP contribution is -2.57. The summed E-state index contributed by atoms with van der Waals surface area (Å²) in [6.07, 6.45) is 0.880. The molecule has 0 radical (unpaired) electrons. The number of hydrogen-bond acceptors (Lipinski definition) is 5.